The third kappa shape index (κ3) is 4.42. The molecule has 0 aliphatic carbocycles. The summed E-state index contributed by atoms with van der Waals surface area (Å²) in [6.07, 6.45) is 0. The Bertz CT molecular complexity index is 1000. The molecule has 1 heterocycles. The van der Waals surface area contributed by atoms with E-state index >= 15 is 0 Å². The molecule has 1 N–H and O–H groups in total. The number of aromatic amines is 1. The Morgan fingerprint density at radius 3 is 2.50 bits per heavy atom. The number of esters is 1. The van der Waals surface area contributed by atoms with Crippen LogP contribution in [-0.4, -0.2) is 21.4 Å². The van der Waals surface area contributed by atoms with Gasteiger partial charge in [-0.05, 0) is 48.2 Å². The smallest absolute Gasteiger partial charge is 0.446 e. The van der Waals surface area contributed by atoms with Gasteiger partial charge in [-0.2, -0.15) is 13.2 Å². The lowest BCUT2D eigenvalue weighted by atomic mass is 10.2. The molecule has 0 amide bonds. The molecule has 9 heteroatoms. The molecular weight excluding hydrogens is 369 g/mol. The fraction of sp³-hybridized carbons (Fsp3) is 0.118. The van der Waals surface area contributed by atoms with E-state index in [0.29, 0.717) is 10.9 Å². The van der Waals surface area contributed by atoms with Gasteiger partial charge in [0.15, 0.2) is 0 Å². The van der Waals surface area contributed by atoms with Crippen molar-refractivity contribution in [2.45, 2.75) is 17.0 Å². The third-order valence-corrected chi connectivity index (χ3v) is 4.06. The van der Waals surface area contributed by atoms with E-state index in [9.17, 15) is 22.8 Å². The number of fused-ring (bicyclic) bond motifs is 1. The van der Waals surface area contributed by atoms with Gasteiger partial charge >= 0.3 is 11.5 Å². The minimum Gasteiger partial charge on any atom is -0.454 e. The zero-order valence-corrected chi connectivity index (χ0v) is 13.9. The number of nitrogens with one attached hydrogen (secondary N) is 1. The molecule has 0 bridgehead atoms. The van der Waals surface area contributed by atoms with Crippen molar-refractivity contribution in [2.75, 3.05) is 0 Å². The number of nitrogens with zero attached hydrogens (tertiary/aromatic N) is 1. The first-order valence-electron chi connectivity index (χ1n) is 7.33. The maximum absolute atomic E-state index is 12.3. The van der Waals surface area contributed by atoms with Gasteiger partial charge in [-0.25, -0.2) is 9.78 Å². The second-order valence-corrected chi connectivity index (χ2v) is 6.32. The van der Waals surface area contributed by atoms with Gasteiger partial charge in [0, 0.05) is 4.90 Å². The number of thioether (sulfide) groups is 1. The van der Waals surface area contributed by atoms with Crippen molar-refractivity contribution in [3.63, 3.8) is 0 Å². The summed E-state index contributed by atoms with van der Waals surface area (Å²) in [5, 5.41) is 0.417. The summed E-state index contributed by atoms with van der Waals surface area (Å²) in [6.45, 7) is -0.266. The number of para-hydroxylation sites is 1. The van der Waals surface area contributed by atoms with E-state index < -0.39 is 11.5 Å². The van der Waals surface area contributed by atoms with Gasteiger partial charge in [-0.3, -0.25) is 4.79 Å². The lowest BCUT2D eigenvalue weighted by Gasteiger charge is -2.07. The van der Waals surface area contributed by atoms with Crippen LogP contribution in [0.4, 0.5) is 13.2 Å². The Morgan fingerprint density at radius 2 is 1.81 bits per heavy atom. The third-order valence-electron chi connectivity index (χ3n) is 3.33. The minimum atomic E-state index is -4.39. The first kappa shape index (κ1) is 18.0. The van der Waals surface area contributed by atoms with Gasteiger partial charge in [0.25, 0.3) is 5.56 Å². The average molecular weight is 380 g/mol. The summed E-state index contributed by atoms with van der Waals surface area (Å²) in [5.41, 5.74) is -4.18. The average Bonchev–Trinajstić information content (AvgIpc) is 2.59. The summed E-state index contributed by atoms with van der Waals surface area (Å²) in [4.78, 5) is 30.6. The number of hydrogen-bond donors (Lipinski definition) is 1. The van der Waals surface area contributed by atoms with Crippen molar-refractivity contribution >= 4 is 28.6 Å². The van der Waals surface area contributed by atoms with Crippen molar-refractivity contribution in [1.29, 1.82) is 0 Å². The number of ether oxygens (including phenoxy) is 1. The Morgan fingerprint density at radius 1 is 1.12 bits per heavy atom. The first-order chi connectivity index (χ1) is 12.3. The first-order valence-corrected chi connectivity index (χ1v) is 8.14. The lowest BCUT2D eigenvalue weighted by Crippen LogP contribution is -2.14. The van der Waals surface area contributed by atoms with Crippen molar-refractivity contribution < 1.29 is 22.7 Å². The molecule has 3 aromatic rings. The van der Waals surface area contributed by atoms with Gasteiger partial charge in [0.1, 0.15) is 12.4 Å². The van der Waals surface area contributed by atoms with Crippen molar-refractivity contribution in [3.05, 3.63) is 70.3 Å². The highest BCUT2D eigenvalue weighted by Crippen LogP contribution is 2.36. The zero-order chi connectivity index (χ0) is 18.7. The van der Waals surface area contributed by atoms with E-state index in [0.717, 1.165) is 0 Å². The summed E-state index contributed by atoms with van der Waals surface area (Å²) < 4.78 is 41.9. The van der Waals surface area contributed by atoms with Crippen LogP contribution in [-0.2, 0) is 11.3 Å². The maximum atomic E-state index is 12.3. The highest BCUT2D eigenvalue weighted by molar-refractivity contribution is 8.00. The van der Waals surface area contributed by atoms with Crippen LogP contribution in [0, 0.1) is 0 Å². The fourth-order valence-electron chi connectivity index (χ4n) is 2.21. The van der Waals surface area contributed by atoms with Gasteiger partial charge in [0.05, 0.1) is 16.5 Å². The minimum absolute atomic E-state index is 0.0328. The van der Waals surface area contributed by atoms with Crippen molar-refractivity contribution in [1.82, 2.24) is 9.97 Å². The molecule has 1 aromatic heterocycles. The van der Waals surface area contributed by atoms with E-state index in [1.165, 1.54) is 24.3 Å². The van der Waals surface area contributed by atoms with E-state index in [2.05, 4.69) is 9.97 Å². The monoisotopic (exact) mass is 380 g/mol. The van der Waals surface area contributed by atoms with Gasteiger partial charge in [0.2, 0.25) is 0 Å². The molecule has 0 spiro atoms. The highest BCUT2D eigenvalue weighted by Gasteiger charge is 2.29. The Hall–Kier alpha value is -2.81. The topological polar surface area (TPSA) is 72.0 Å². The molecule has 0 atom stereocenters. The largest absolute Gasteiger partial charge is 0.454 e. The zero-order valence-electron chi connectivity index (χ0n) is 13.0. The second kappa shape index (κ2) is 7.20. The van der Waals surface area contributed by atoms with Gasteiger partial charge in [-0.1, -0.05) is 12.1 Å². The molecule has 3 rings (SSSR count). The van der Waals surface area contributed by atoms with Crippen LogP contribution in [0.15, 0.2) is 58.2 Å². The van der Waals surface area contributed by atoms with Crippen LogP contribution in [0.1, 0.15) is 16.2 Å². The van der Waals surface area contributed by atoms with Crippen LogP contribution in [0.2, 0.25) is 0 Å². The molecule has 0 aliphatic heterocycles. The summed E-state index contributed by atoms with van der Waals surface area (Å²) >= 11 is -0.268. The highest BCUT2D eigenvalue weighted by atomic mass is 32.2. The van der Waals surface area contributed by atoms with E-state index in [1.54, 1.807) is 24.3 Å². The fourth-order valence-corrected chi connectivity index (χ4v) is 2.75. The Labute approximate surface area is 149 Å². The van der Waals surface area contributed by atoms with E-state index in [4.69, 9.17) is 4.74 Å². The molecule has 0 aliphatic rings. The number of H-pyrrole nitrogens is 1. The Balaban J connectivity index is 1.68. The molecule has 0 radical (unpaired) electrons. The molecule has 0 unspecified atom stereocenters. The number of halogens is 3. The molecule has 0 saturated carbocycles. The molecule has 26 heavy (non-hydrogen) atoms. The van der Waals surface area contributed by atoms with E-state index in [-0.39, 0.29) is 40.2 Å². The molecule has 134 valence electrons. The summed E-state index contributed by atoms with van der Waals surface area (Å²) in [5.74, 6) is -0.560. The predicted octanol–water partition coefficient (Wildman–Crippen LogP) is 3.89. The quantitative estimate of drug-likeness (QED) is 0.549. The SMILES string of the molecule is O=C(OCc1nc2ccccc2c(=O)[nH]1)c1ccc(SC(F)(F)F)cc1. The number of carbonyl (C=O) groups excluding carboxylic acids is 1. The predicted molar refractivity (Wildman–Crippen MR) is 89.8 cm³/mol. The van der Waals surface area contributed by atoms with Gasteiger partial charge in [-0.15, -0.1) is 0 Å². The number of aromatic nitrogens is 2. The number of benzene rings is 2. The normalized spacial score (nSPS) is 11.5. The molecular formula is C17H11F3N2O3S. The molecule has 0 saturated heterocycles. The number of carbonyl (C=O) groups is 1. The summed E-state index contributed by atoms with van der Waals surface area (Å²) in [6, 6.07) is 11.6. The number of hydrogen-bond acceptors (Lipinski definition) is 5. The molecule has 5 nitrogen and oxygen atoms in total. The Kier molecular flexibility index (Phi) is 4.99. The van der Waals surface area contributed by atoms with E-state index in [1.807, 2.05) is 0 Å². The second-order valence-electron chi connectivity index (χ2n) is 5.18. The van der Waals surface area contributed by atoms with Crippen LogP contribution >= 0.6 is 11.8 Å². The summed E-state index contributed by atoms with van der Waals surface area (Å²) in [7, 11) is 0. The van der Waals surface area contributed by atoms with Crippen LogP contribution < -0.4 is 5.56 Å². The lowest BCUT2D eigenvalue weighted by molar-refractivity contribution is -0.0328. The van der Waals surface area contributed by atoms with Crippen molar-refractivity contribution in [2.24, 2.45) is 0 Å². The number of rotatable bonds is 4. The maximum Gasteiger partial charge on any atom is 0.446 e. The molecule has 0 fully saturated rings. The van der Waals surface area contributed by atoms with Crippen LogP contribution in [0.25, 0.3) is 10.9 Å². The van der Waals surface area contributed by atoms with Gasteiger partial charge < -0.3 is 9.72 Å². The van der Waals surface area contributed by atoms with Crippen LogP contribution in [0.5, 0.6) is 0 Å². The van der Waals surface area contributed by atoms with Crippen LogP contribution in [0.3, 0.4) is 0 Å². The molecule has 2 aromatic carbocycles. The van der Waals surface area contributed by atoms with Crippen molar-refractivity contribution in [3.8, 4) is 0 Å². The standard InChI is InChI=1S/C17H11F3N2O3S/c18-17(19,20)26-11-7-5-10(6-8-11)16(24)25-9-14-21-13-4-2-1-3-12(13)15(23)22-14/h1-8H,9H2,(H,21,22,23). The number of alkyl halides is 3.